The van der Waals surface area contributed by atoms with Crippen LogP contribution in [0.15, 0.2) is 30.3 Å². The molecule has 0 aliphatic rings. The molecule has 0 aromatic heterocycles. The van der Waals surface area contributed by atoms with Crippen LogP contribution in [0.2, 0.25) is 0 Å². The fourth-order valence-electron chi connectivity index (χ4n) is 3.95. The molecule has 0 unspecified atom stereocenters. The predicted octanol–water partition coefficient (Wildman–Crippen LogP) is 9.91. The average molecular weight is 667 g/mol. The van der Waals surface area contributed by atoms with Gasteiger partial charge in [-0.05, 0) is 88.0 Å². The van der Waals surface area contributed by atoms with Gasteiger partial charge in [0.05, 0.1) is 0 Å². The van der Waals surface area contributed by atoms with E-state index in [9.17, 15) is 10.2 Å². The van der Waals surface area contributed by atoms with Crippen LogP contribution in [0, 0.1) is 0 Å². The number of rotatable bonds is 2. The van der Waals surface area contributed by atoms with E-state index >= 15 is 0 Å². The lowest BCUT2D eigenvalue weighted by Gasteiger charge is -2.28. The normalized spacial score (nSPS) is 11.4. The molecular weight excluding hydrogens is 609 g/mol. The van der Waals surface area contributed by atoms with E-state index in [0.29, 0.717) is 11.5 Å². The highest BCUT2D eigenvalue weighted by molar-refractivity contribution is 8.22. The number of nitrogens with one attached hydrogen (secondary N) is 1. The number of hydrogen-bond acceptors (Lipinski definition) is 7. The molecule has 0 radical (unpaired) electrons. The lowest BCUT2D eigenvalue weighted by Crippen LogP contribution is -2.18. The van der Waals surface area contributed by atoms with Crippen molar-refractivity contribution in [2.75, 3.05) is 28.2 Å². The Morgan fingerprint density at radius 1 is 0.721 bits per heavy atom. The summed E-state index contributed by atoms with van der Waals surface area (Å²) in [6, 6.07) is 10.3. The summed E-state index contributed by atoms with van der Waals surface area (Å²) in [5.74, 6) is 1.71. The fourth-order valence-corrected chi connectivity index (χ4v) is 4.84. The maximum absolute atomic E-state index is 10.7. The number of benzene rings is 2. The summed E-state index contributed by atoms with van der Waals surface area (Å²) in [7, 11) is 7.68. The Bertz CT molecular complexity index is 1120. The number of nitrogens with zero attached hydrogens (tertiary/aromatic N) is 1. The Morgan fingerprint density at radius 3 is 1.26 bits per heavy atom. The summed E-state index contributed by atoms with van der Waals surface area (Å²) in [6.07, 6.45) is 0. The van der Waals surface area contributed by atoms with Crippen LogP contribution in [0.5, 0.6) is 11.5 Å². The number of phenols is 2. The Balaban J connectivity index is 0. The van der Waals surface area contributed by atoms with Crippen molar-refractivity contribution < 1.29 is 10.2 Å². The molecule has 2 rings (SSSR count). The second kappa shape index (κ2) is 18.4. The van der Waals surface area contributed by atoms with Gasteiger partial charge in [-0.15, -0.1) is 0 Å². The van der Waals surface area contributed by atoms with Crippen molar-refractivity contribution in [2.24, 2.45) is 0 Å². The van der Waals surface area contributed by atoms with Gasteiger partial charge < -0.3 is 20.4 Å². The molecule has 0 saturated heterocycles. The number of thiocarbonyl (C=S) groups is 3. The van der Waals surface area contributed by atoms with Gasteiger partial charge in [-0.25, -0.2) is 0 Å². The molecule has 4 nitrogen and oxygen atoms in total. The largest absolute Gasteiger partial charge is 0.507 e. The van der Waals surface area contributed by atoms with Gasteiger partial charge in [0.25, 0.3) is 0 Å². The Labute approximate surface area is 284 Å². The van der Waals surface area contributed by atoms with Gasteiger partial charge in [-0.2, -0.15) is 0 Å². The fraction of sp³-hybridized carbons (Fsp3) is 0.600. The van der Waals surface area contributed by atoms with Crippen molar-refractivity contribution in [1.82, 2.24) is 10.2 Å². The zero-order valence-electron chi connectivity index (χ0n) is 29.6. The highest BCUT2D eigenvalue weighted by atomic mass is 32.2. The highest BCUT2D eigenvalue weighted by Crippen LogP contribution is 2.41. The molecule has 0 bridgehead atoms. The third-order valence-electron chi connectivity index (χ3n) is 6.17. The molecule has 0 heterocycles. The van der Waals surface area contributed by atoms with Gasteiger partial charge in [0, 0.05) is 24.2 Å². The van der Waals surface area contributed by atoms with E-state index in [2.05, 4.69) is 125 Å². The topological polar surface area (TPSA) is 55.7 Å². The molecule has 0 amide bonds. The van der Waals surface area contributed by atoms with Gasteiger partial charge in [0.15, 0.2) is 0 Å². The number of para-hydroxylation sites is 1. The SMILES string of the molecule is CC(C)(C)c1cccc(C(C)(C)C)c1O.CN(C)C(=S)SCc1cc(C(C)(C)C)c(O)c(C(C)(C)C)c1.CNC.S=C=S. The first-order valence-electron chi connectivity index (χ1n) is 14.4. The third kappa shape index (κ3) is 15.8. The van der Waals surface area contributed by atoms with Crippen LogP contribution in [0.1, 0.15) is 111 Å². The van der Waals surface area contributed by atoms with Crippen LogP contribution in [-0.2, 0) is 27.4 Å². The van der Waals surface area contributed by atoms with Crippen LogP contribution in [0.4, 0.5) is 0 Å². The lowest BCUT2D eigenvalue weighted by atomic mass is 9.78. The van der Waals surface area contributed by atoms with Crippen molar-refractivity contribution in [3.05, 3.63) is 58.1 Å². The van der Waals surface area contributed by atoms with Gasteiger partial charge in [-0.1, -0.05) is 137 Å². The number of phenolic OH excluding ortho intramolecular Hbond substituents is 2. The maximum Gasteiger partial charge on any atom is 0.136 e. The van der Waals surface area contributed by atoms with E-state index in [0.717, 1.165) is 32.3 Å². The second-order valence-corrected chi connectivity index (χ2v) is 17.0. The number of hydrogen-bond donors (Lipinski definition) is 3. The summed E-state index contributed by atoms with van der Waals surface area (Å²) >= 11 is 14.9. The Morgan fingerprint density at radius 2 is 1.00 bits per heavy atom. The van der Waals surface area contributed by atoms with Crippen LogP contribution >= 0.6 is 48.4 Å². The molecule has 3 N–H and O–H groups in total. The Kier molecular flexibility index (Phi) is 18.7. The second-order valence-electron chi connectivity index (χ2n) is 14.8. The standard InChI is InChI=1S/C18H29NOS2.C14H22O.C2H7N.CS2/c1-17(2,3)13-9-12(11-22-16(21)19(7)8)10-14(15(13)20)18(4,5)6;1-13(2,3)10-8-7-9-11(12(10)15)14(4,5)6;1-3-2;2-1-3/h9-10,20H,11H2,1-8H3;7-9,15H,1-6H3;3H,1-2H3;. The first-order chi connectivity index (χ1) is 19.3. The zero-order valence-corrected chi connectivity index (χ0v) is 32.8. The molecule has 0 saturated carbocycles. The summed E-state index contributed by atoms with van der Waals surface area (Å²) in [5, 5.41) is 23.7. The molecule has 0 aliphatic heterocycles. The van der Waals surface area contributed by atoms with Crippen LogP contribution in [-0.4, -0.2) is 51.9 Å². The molecule has 2 aromatic carbocycles. The summed E-state index contributed by atoms with van der Waals surface area (Å²) in [4.78, 5) is 1.95. The molecule has 0 spiro atoms. The minimum atomic E-state index is -0.0905. The van der Waals surface area contributed by atoms with Crippen molar-refractivity contribution in [2.45, 2.75) is 110 Å². The highest BCUT2D eigenvalue weighted by Gasteiger charge is 2.27. The number of aromatic hydroxyl groups is 2. The molecule has 0 atom stereocenters. The van der Waals surface area contributed by atoms with Crippen LogP contribution < -0.4 is 5.32 Å². The van der Waals surface area contributed by atoms with Crippen molar-refractivity contribution in [3.63, 3.8) is 0 Å². The minimum absolute atomic E-state index is 0.00859. The monoisotopic (exact) mass is 666 g/mol. The van der Waals surface area contributed by atoms with E-state index in [1.807, 2.05) is 55.6 Å². The first kappa shape index (κ1) is 43.6. The van der Waals surface area contributed by atoms with Crippen LogP contribution in [0.3, 0.4) is 0 Å². The molecule has 2 aromatic rings. The van der Waals surface area contributed by atoms with E-state index < -0.39 is 0 Å². The molecule has 0 aliphatic carbocycles. The molecule has 43 heavy (non-hydrogen) atoms. The van der Waals surface area contributed by atoms with Gasteiger partial charge in [-0.3, -0.25) is 0 Å². The maximum atomic E-state index is 10.7. The predicted molar refractivity (Wildman–Crippen MR) is 204 cm³/mol. The summed E-state index contributed by atoms with van der Waals surface area (Å²) in [6.45, 7) is 25.5. The first-order valence-corrected chi connectivity index (χ1v) is 16.6. The Hall–Kier alpha value is -1.54. The van der Waals surface area contributed by atoms with E-state index in [4.69, 9.17) is 12.2 Å². The molecule has 0 fully saturated rings. The van der Waals surface area contributed by atoms with E-state index in [1.54, 1.807) is 11.8 Å². The smallest absolute Gasteiger partial charge is 0.136 e. The molecule has 8 heteroatoms. The zero-order chi connectivity index (χ0) is 34.6. The quantitative estimate of drug-likeness (QED) is 0.274. The summed E-state index contributed by atoms with van der Waals surface area (Å²) in [5.41, 5.74) is 5.07. The summed E-state index contributed by atoms with van der Waals surface area (Å²) < 4.78 is 2.79. The van der Waals surface area contributed by atoms with E-state index in [-0.39, 0.29) is 21.7 Å². The molecule has 244 valence electrons. The van der Waals surface area contributed by atoms with Gasteiger partial charge in [0.1, 0.15) is 15.8 Å². The third-order valence-corrected chi connectivity index (χ3v) is 7.97. The molecular formula is C35H58N2O2S4. The lowest BCUT2D eigenvalue weighted by molar-refractivity contribution is 0.422. The van der Waals surface area contributed by atoms with E-state index in [1.165, 1.54) is 5.56 Å². The number of thioether (sulfide) groups is 1. The van der Waals surface area contributed by atoms with Gasteiger partial charge in [0.2, 0.25) is 0 Å². The van der Waals surface area contributed by atoms with Crippen molar-refractivity contribution in [3.8, 4) is 11.5 Å². The van der Waals surface area contributed by atoms with Crippen molar-refractivity contribution in [1.29, 1.82) is 0 Å². The van der Waals surface area contributed by atoms with Crippen LogP contribution in [0.25, 0.3) is 0 Å². The average Bonchev–Trinajstić information content (AvgIpc) is 2.81. The minimum Gasteiger partial charge on any atom is -0.507 e. The van der Waals surface area contributed by atoms with Gasteiger partial charge >= 0.3 is 0 Å². The van der Waals surface area contributed by atoms with Crippen molar-refractivity contribution >= 4 is 57.1 Å².